The minimum Gasteiger partial charge on any atom is -0.335 e. The van der Waals surface area contributed by atoms with Gasteiger partial charge in [-0.15, -0.1) is 11.3 Å². The lowest BCUT2D eigenvalue weighted by Crippen LogP contribution is -2.49. The van der Waals surface area contributed by atoms with Gasteiger partial charge in [-0.25, -0.2) is 9.67 Å². The Morgan fingerprint density at radius 3 is 2.57 bits per heavy atom. The molecule has 9 heteroatoms. The van der Waals surface area contributed by atoms with Crippen LogP contribution in [0.4, 0.5) is 0 Å². The summed E-state index contributed by atoms with van der Waals surface area (Å²) in [6.45, 7) is 7.93. The van der Waals surface area contributed by atoms with Crippen LogP contribution in [0.3, 0.4) is 0 Å². The average molecular weight is 425 g/mol. The molecule has 8 nitrogen and oxygen atoms in total. The number of piperazine rings is 1. The summed E-state index contributed by atoms with van der Waals surface area (Å²) in [7, 11) is 0. The standard InChI is InChI=1S/C21H24N6O2S/c1-15-20(30-16(2)23-15)21(29)26-11-8-25(9-12-26)10-13-27-19(28)6-5-18(24-27)17-4-3-7-22-14-17/h3-7,14H,8-13H2,1-2H3. The molecule has 0 atom stereocenters. The lowest BCUT2D eigenvalue weighted by molar-refractivity contribution is 0.0635. The zero-order valence-electron chi connectivity index (χ0n) is 17.1. The van der Waals surface area contributed by atoms with Gasteiger partial charge < -0.3 is 4.90 Å². The van der Waals surface area contributed by atoms with Crippen molar-refractivity contribution in [3.8, 4) is 11.3 Å². The summed E-state index contributed by atoms with van der Waals surface area (Å²) in [5, 5.41) is 5.41. The highest BCUT2D eigenvalue weighted by atomic mass is 32.1. The second kappa shape index (κ2) is 8.85. The summed E-state index contributed by atoms with van der Waals surface area (Å²) >= 11 is 1.46. The summed E-state index contributed by atoms with van der Waals surface area (Å²) in [5.74, 6) is 0.0693. The number of carbonyl (C=O) groups excluding carboxylic acids is 1. The number of pyridine rings is 1. The number of thiazole rings is 1. The van der Waals surface area contributed by atoms with Gasteiger partial charge >= 0.3 is 0 Å². The molecule has 0 aromatic carbocycles. The predicted octanol–water partition coefficient (Wildman–Crippen LogP) is 1.84. The van der Waals surface area contributed by atoms with Gasteiger partial charge in [-0.05, 0) is 32.0 Å². The lowest BCUT2D eigenvalue weighted by Gasteiger charge is -2.34. The minimum absolute atomic E-state index is 0.0693. The van der Waals surface area contributed by atoms with Crippen molar-refractivity contribution in [2.75, 3.05) is 32.7 Å². The van der Waals surface area contributed by atoms with Gasteiger partial charge in [0.05, 0.1) is 22.9 Å². The number of amides is 1. The van der Waals surface area contributed by atoms with Crippen LogP contribution in [0.5, 0.6) is 0 Å². The normalized spacial score (nSPS) is 14.8. The van der Waals surface area contributed by atoms with Crippen LogP contribution in [-0.4, -0.2) is 68.2 Å². The number of aromatic nitrogens is 4. The Morgan fingerprint density at radius 1 is 1.10 bits per heavy atom. The van der Waals surface area contributed by atoms with E-state index in [9.17, 15) is 9.59 Å². The molecule has 1 aliphatic heterocycles. The van der Waals surface area contributed by atoms with Crippen molar-refractivity contribution >= 4 is 17.2 Å². The molecule has 156 valence electrons. The highest BCUT2D eigenvalue weighted by Crippen LogP contribution is 2.20. The number of hydrogen-bond acceptors (Lipinski definition) is 7. The second-order valence-corrected chi connectivity index (χ2v) is 8.51. The predicted molar refractivity (Wildman–Crippen MR) is 116 cm³/mol. The van der Waals surface area contributed by atoms with Crippen LogP contribution < -0.4 is 5.56 Å². The Kier molecular flexibility index (Phi) is 6.01. The zero-order chi connectivity index (χ0) is 21.1. The number of rotatable bonds is 5. The molecule has 4 heterocycles. The SMILES string of the molecule is Cc1nc(C)c(C(=O)N2CCN(CCn3nc(-c4cccnc4)ccc3=O)CC2)s1. The van der Waals surface area contributed by atoms with Crippen molar-refractivity contribution in [2.45, 2.75) is 20.4 Å². The molecular weight excluding hydrogens is 400 g/mol. The van der Waals surface area contributed by atoms with Gasteiger partial charge in [-0.3, -0.25) is 19.5 Å². The van der Waals surface area contributed by atoms with E-state index in [0.29, 0.717) is 26.2 Å². The molecule has 30 heavy (non-hydrogen) atoms. The van der Waals surface area contributed by atoms with Gasteiger partial charge in [-0.1, -0.05) is 0 Å². The third-order valence-electron chi connectivity index (χ3n) is 5.21. The van der Waals surface area contributed by atoms with Gasteiger partial charge in [0.15, 0.2) is 0 Å². The molecule has 0 bridgehead atoms. The van der Waals surface area contributed by atoms with E-state index in [2.05, 4.69) is 20.0 Å². The first-order valence-electron chi connectivity index (χ1n) is 9.95. The third-order valence-corrected chi connectivity index (χ3v) is 6.27. The summed E-state index contributed by atoms with van der Waals surface area (Å²) in [6, 6.07) is 7.05. The second-order valence-electron chi connectivity index (χ2n) is 7.30. The number of aryl methyl sites for hydroxylation is 2. The molecule has 1 fully saturated rings. The quantitative estimate of drug-likeness (QED) is 0.621. The maximum atomic E-state index is 12.8. The van der Waals surface area contributed by atoms with Crippen LogP contribution in [0.15, 0.2) is 41.5 Å². The summed E-state index contributed by atoms with van der Waals surface area (Å²) in [5.41, 5.74) is 2.30. The van der Waals surface area contributed by atoms with Crippen LogP contribution >= 0.6 is 11.3 Å². The molecule has 0 unspecified atom stereocenters. The zero-order valence-corrected chi connectivity index (χ0v) is 17.9. The topological polar surface area (TPSA) is 84.2 Å². The van der Waals surface area contributed by atoms with Crippen LogP contribution in [0, 0.1) is 13.8 Å². The average Bonchev–Trinajstić information content (AvgIpc) is 3.11. The fraction of sp³-hybridized carbons (Fsp3) is 0.381. The lowest BCUT2D eigenvalue weighted by atomic mass is 10.2. The highest BCUT2D eigenvalue weighted by molar-refractivity contribution is 7.13. The van der Waals surface area contributed by atoms with E-state index in [-0.39, 0.29) is 11.5 Å². The van der Waals surface area contributed by atoms with E-state index in [0.717, 1.165) is 39.9 Å². The van der Waals surface area contributed by atoms with Gasteiger partial charge in [0.1, 0.15) is 4.88 Å². The Balaban J connectivity index is 1.34. The Morgan fingerprint density at radius 2 is 1.90 bits per heavy atom. The first-order chi connectivity index (χ1) is 14.5. The largest absolute Gasteiger partial charge is 0.335 e. The molecule has 1 amide bonds. The Hall–Kier alpha value is -2.91. The van der Waals surface area contributed by atoms with Gasteiger partial charge in [0.2, 0.25) is 0 Å². The third kappa shape index (κ3) is 4.47. The number of hydrogen-bond donors (Lipinski definition) is 0. The van der Waals surface area contributed by atoms with E-state index in [4.69, 9.17) is 0 Å². The van der Waals surface area contributed by atoms with Crippen molar-refractivity contribution in [1.82, 2.24) is 29.5 Å². The Bertz CT molecular complexity index is 1090. The molecule has 3 aromatic rings. The summed E-state index contributed by atoms with van der Waals surface area (Å²) in [6.07, 6.45) is 3.45. The van der Waals surface area contributed by atoms with Crippen molar-refractivity contribution in [2.24, 2.45) is 0 Å². The number of nitrogens with zero attached hydrogens (tertiary/aromatic N) is 6. The summed E-state index contributed by atoms with van der Waals surface area (Å²) in [4.78, 5) is 38.3. The van der Waals surface area contributed by atoms with Crippen LogP contribution in [0.1, 0.15) is 20.4 Å². The highest BCUT2D eigenvalue weighted by Gasteiger charge is 2.25. The first-order valence-corrected chi connectivity index (χ1v) is 10.8. The van der Waals surface area contributed by atoms with E-state index in [1.807, 2.05) is 30.9 Å². The monoisotopic (exact) mass is 424 g/mol. The number of carbonyl (C=O) groups is 1. The van der Waals surface area contributed by atoms with Crippen molar-refractivity contribution in [3.63, 3.8) is 0 Å². The van der Waals surface area contributed by atoms with Crippen molar-refractivity contribution < 1.29 is 4.79 Å². The molecule has 0 spiro atoms. The van der Waals surface area contributed by atoms with Gasteiger partial charge in [0.25, 0.3) is 11.5 Å². The van der Waals surface area contributed by atoms with E-state index in [1.54, 1.807) is 24.5 Å². The van der Waals surface area contributed by atoms with E-state index >= 15 is 0 Å². The molecule has 1 aliphatic rings. The molecule has 0 radical (unpaired) electrons. The van der Waals surface area contributed by atoms with Crippen molar-refractivity contribution in [1.29, 1.82) is 0 Å². The molecule has 3 aromatic heterocycles. The molecular formula is C21H24N6O2S. The summed E-state index contributed by atoms with van der Waals surface area (Å²) < 4.78 is 1.50. The smallest absolute Gasteiger partial charge is 0.266 e. The Labute approximate surface area is 178 Å². The molecule has 0 saturated carbocycles. The van der Waals surface area contributed by atoms with E-state index in [1.165, 1.54) is 16.0 Å². The maximum absolute atomic E-state index is 12.8. The molecule has 1 saturated heterocycles. The molecule has 0 aliphatic carbocycles. The fourth-order valence-electron chi connectivity index (χ4n) is 3.56. The maximum Gasteiger partial charge on any atom is 0.266 e. The van der Waals surface area contributed by atoms with Gasteiger partial charge in [0, 0.05) is 56.7 Å². The van der Waals surface area contributed by atoms with Crippen LogP contribution in [0.2, 0.25) is 0 Å². The van der Waals surface area contributed by atoms with Crippen molar-refractivity contribution in [3.05, 3.63) is 62.6 Å². The first kappa shape index (κ1) is 20.4. The van der Waals surface area contributed by atoms with Crippen LogP contribution in [0.25, 0.3) is 11.3 Å². The fourth-order valence-corrected chi connectivity index (χ4v) is 4.45. The van der Waals surface area contributed by atoms with Crippen LogP contribution in [-0.2, 0) is 6.54 Å². The van der Waals surface area contributed by atoms with E-state index < -0.39 is 0 Å². The molecule has 4 rings (SSSR count). The molecule has 0 N–H and O–H groups in total. The minimum atomic E-state index is -0.118. The van der Waals surface area contributed by atoms with Gasteiger partial charge in [-0.2, -0.15) is 5.10 Å².